The second kappa shape index (κ2) is 5.49. The van der Waals surface area contributed by atoms with Crippen molar-refractivity contribution < 1.29 is 0 Å². The summed E-state index contributed by atoms with van der Waals surface area (Å²) in [5, 5.41) is 4.78. The van der Waals surface area contributed by atoms with Crippen molar-refractivity contribution in [3.8, 4) is 0 Å². The first-order chi connectivity index (χ1) is 8.60. The van der Waals surface area contributed by atoms with Crippen LogP contribution >= 0.6 is 0 Å². The molecule has 0 bridgehead atoms. The molecule has 0 unspecified atom stereocenters. The lowest BCUT2D eigenvalue weighted by molar-refractivity contribution is 0.590. The lowest BCUT2D eigenvalue weighted by atomic mass is 10.0. The predicted molar refractivity (Wildman–Crippen MR) is 77.8 cm³/mol. The van der Waals surface area contributed by atoms with Crippen molar-refractivity contribution in [3.63, 3.8) is 0 Å². The smallest absolute Gasteiger partial charge is 0.0708 e. The average molecular weight is 242 g/mol. The molecule has 0 aliphatic carbocycles. The van der Waals surface area contributed by atoms with E-state index < -0.39 is 0 Å². The van der Waals surface area contributed by atoms with Gasteiger partial charge in [-0.3, -0.25) is 4.98 Å². The summed E-state index contributed by atoms with van der Waals surface area (Å²) >= 11 is 0. The quantitative estimate of drug-likeness (QED) is 0.886. The summed E-state index contributed by atoms with van der Waals surface area (Å²) in [6, 6.07) is 9.29. The number of benzene rings is 1. The number of hydrogen-bond acceptors (Lipinski definition) is 2. The van der Waals surface area contributed by atoms with Crippen LogP contribution in [-0.2, 0) is 13.0 Å². The molecule has 0 saturated heterocycles. The molecule has 2 rings (SSSR count). The van der Waals surface area contributed by atoms with Crippen LogP contribution in [0.5, 0.6) is 0 Å². The number of nitrogens with zero attached hydrogens (tertiary/aromatic N) is 1. The molecule has 1 heterocycles. The van der Waals surface area contributed by atoms with Crippen LogP contribution < -0.4 is 5.32 Å². The molecule has 0 radical (unpaired) electrons. The zero-order valence-electron chi connectivity index (χ0n) is 11.7. The minimum Gasteiger partial charge on any atom is -0.310 e. The van der Waals surface area contributed by atoms with E-state index in [1.54, 1.807) is 0 Å². The van der Waals surface area contributed by atoms with Crippen molar-refractivity contribution in [1.29, 1.82) is 0 Å². The van der Waals surface area contributed by atoms with Crippen LogP contribution in [0, 0.1) is 6.92 Å². The minimum absolute atomic E-state index is 0.503. The van der Waals surface area contributed by atoms with Crippen molar-refractivity contribution >= 4 is 10.9 Å². The molecule has 2 heteroatoms. The van der Waals surface area contributed by atoms with E-state index in [4.69, 9.17) is 0 Å². The molecule has 0 spiro atoms. The Bertz CT molecular complexity index is 544. The highest BCUT2D eigenvalue weighted by Crippen LogP contribution is 2.20. The standard InChI is InChI=1S/C16H22N2/c1-5-13-6-7-16-15(9-13)14(8-12(4)18-16)10-17-11(2)3/h6-9,11,17H,5,10H2,1-4H3. The van der Waals surface area contributed by atoms with Crippen LogP contribution in [0.25, 0.3) is 10.9 Å². The number of rotatable bonds is 4. The van der Waals surface area contributed by atoms with Gasteiger partial charge in [-0.2, -0.15) is 0 Å². The Labute approximate surface area is 109 Å². The van der Waals surface area contributed by atoms with Crippen LogP contribution in [0.1, 0.15) is 37.6 Å². The molecule has 1 aromatic carbocycles. The molecule has 1 aromatic heterocycles. The monoisotopic (exact) mass is 242 g/mol. The first-order valence-corrected chi connectivity index (χ1v) is 6.72. The highest BCUT2D eigenvalue weighted by Gasteiger charge is 2.05. The largest absolute Gasteiger partial charge is 0.310 e. The van der Waals surface area contributed by atoms with Gasteiger partial charge in [-0.05, 0) is 42.7 Å². The Balaban J connectivity index is 2.47. The van der Waals surface area contributed by atoms with Crippen LogP contribution in [0.2, 0.25) is 0 Å². The van der Waals surface area contributed by atoms with Crippen molar-refractivity contribution in [3.05, 3.63) is 41.1 Å². The lowest BCUT2D eigenvalue weighted by Crippen LogP contribution is -2.22. The number of aryl methyl sites for hydroxylation is 2. The van der Waals surface area contributed by atoms with Gasteiger partial charge in [-0.25, -0.2) is 0 Å². The second-order valence-corrected chi connectivity index (χ2v) is 5.16. The Morgan fingerprint density at radius 3 is 2.67 bits per heavy atom. The van der Waals surface area contributed by atoms with Gasteiger partial charge in [0, 0.05) is 23.7 Å². The average Bonchev–Trinajstić information content (AvgIpc) is 2.35. The molecular formula is C16H22N2. The number of pyridine rings is 1. The van der Waals surface area contributed by atoms with Crippen LogP contribution in [0.3, 0.4) is 0 Å². The molecule has 0 fully saturated rings. The first kappa shape index (κ1) is 13.0. The Morgan fingerprint density at radius 1 is 1.22 bits per heavy atom. The van der Waals surface area contributed by atoms with Crippen LogP contribution in [0.15, 0.2) is 24.3 Å². The predicted octanol–water partition coefficient (Wildman–Crippen LogP) is 3.60. The molecule has 0 saturated carbocycles. The van der Waals surface area contributed by atoms with E-state index >= 15 is 0 Å². The fourth-order valence-electron chi connectivity index (χ4n) is 2.17. The van der Waals surface area contributed by atoms with E-state index in [0.29, 0.717) is 6.04 Å². The summed E-state index contributed by atoms with van der Waals surface area (Å²) in [5.41, 5.74) is 4.92. The summed E-state index contributed by atoms with van der Waals surface area (Å²) in [5.74, 6) is 0. The zero-order valence-corrected chi connectivity index (χ0v) is 11.7. The second-order valence-electron chi connectivity index (χ2n) is 5.16. The summed E-state index contributed by atoms with van der Waals surface area (Å²) in [7, 11) is 0. The van der Waals surface area contributed by atoms with Gasteiger partial charge in [0.15, 0.2) is 0 Å². The van der Waals surface area contributed by atoms with Gasteiger partial charge in [0.2, 0.25) is 0 Å². The summed E-state index contributed by atoms with van der Waals surface area (Å²) in [6.07, 6.45) is 1.07. The maximum Gasteiger partial charge on any atom is 0.0708 e. The molecule has 96 valence electrons. The van der Waals surface area contributed by atoms with Crippen molar-refractivity contribution in [2.75, 3.05) is 0 Å². The van der Waals surface area contributed by atoms with Crippen LogP contribution in [0.4, 0.5) is 0 Å². The van der Waals surface area contributed by atoms with Crippen molar-refractivity contribution in [2.24, 2.45) is 0 Å². The molecule has 0 aliphatic heterocycles. The van der Waals surface area contributed by atoms with Gasteiger partial charge in [-0.1, -0.05) is 26.8 Å². The van der Waals surface area contributed by atoms with E-state index in [1.165, 1.54) is 16.5 Å². The van der Waals surface area contributed by atoms with Gasteiger partial charge in [0.05, 0.1) is 5.52 Å². The minimum atomic E-state index is 0.503. The molecular weight excluding hydrogens is 220 g/mol. The third-order valence-corrected chi connectivity index (χ3v) is 3.20. The van der Waals surface area contributed by atoms with E-state index in [1.807, 2.05) is 0 Å². The molecule has 0 aliphatic rings. The van der Waals surface area contributed by atoms with Gasteiger partial charge in [0.1, 0.15) is 0 Å². The molecule has 0 amide bonds. The van der Waals surface area contributed by atoms with Crippen LogP contribution in [-0.4, -0.2) is 11.0 Å². The number of fused-ring (bicyclic) bond motifs is 1. The van der Waals surface area contributed by atoms with E-state index in [0.717, 1.165) is 24.2 Å². The summed E-state index contributed by atoms with van der Waals surface area (Å²) in [4.78, 5) is 4.61. The summed E-state index contributed by atoms with van der Waals surface area (Å²) < 4.78 is 0. The third kappa shape index (κ3) is 2.88. The number of aromatic nitrogens is 1. The third-order valence-electron chi connectivity index (χ3n) is 3.20. The highest BCUT2D eigenvalue weighted by atomic mass is 14.9. The number of hydrogen-bond donors (Lipinski definition) is 1. The molecule has 2 aromatic rings. The fourth-order valence-corrected chi connectivity index (χ4v) is 2.17. The Morgan fingerprint density at radius 2 is 2.00 bits per heavy atom. The maximum atomic E-state index is 4.61. The van der Waals surface area contributed by atoms with E-state index in [2.05, 4.69) is 62.3 Å². The van der Waals surface area contributed by atoms with E-state index in [-0.39, 0.29) is 0 Å². The lowest BCUT2D eigenvalue weighted by Gasteiger charge is -2.12. The van der Waals surface area contributed by atoms with Gasteiger partial charge < -0.3 is 5.32 Å². The van der Waals surface area contributed by atoms with Crippen molar-refractivity contribution in [1.82, 2.24) is 10.3 Å². The molecule has 2 nitrogen and oxygen atoms in total. The highest BCUT2D eigenvalue weighted by molar-refractivity contribution is 5.83. The fraction of sp³-hybridized carbons (Fsp3) is 0.438. The summed E-state index contributed by atoms with van der Waals surface area (Å²) in [6.45, 7) is 9.51. The molecule has 1 N–H and O–H groups in total. The molecule has 18 heavy (non-hydrogen) atoms. The Hall–Kier alpha value is -1.41. The van der Waals surface area contributed by atoms with Gasteiger partial charge in [-0.15, -0.1) is 0 Å². The molecule has 0 atom stereocenters. The number of nitrogens with one attached hydrogen (secondary N) is 1. The maximum absolute atomic E-state index is 4.61. The zero-order chi connectivity index (χ0) is 13.1. The topological polar surface area (TPSA) is 24.9 Å². The Kier molecular flexibility index (Phi) is 3.97. The first-order valence-electron chi connectivity index (χ1n) is 6.72. The van der Waals surface area contributed by atoms with E-state index in [9.17, 15) is 0 Å². The van der Waals surface area contributed by atoms with Gasteiger partial charge in [0.25, 0.3) is 0 Å². The van der Waals surface area contributed by atoms with Gasteiger partial charge >= 0.3 is 0 Å². The SMILES string of the molecule is CCc1ccc2nc(C)cc(CNC(C)C)c2c1. The van der Waals surface area contributed by atoms with Crippen molar-refractivity contribution in [2.45, 2.75) is 46.7 Å². The normalized spacial score (nSPS) is 11.4.